The van der Waals surface area contributed by atoms with Crippen LogP contribution in [-0.2, 0) is 10.0 Å². The monoisotopic (exact) mass is 425 g/mol. The van der Waals surface area contributed by atoms with E-state index in [0.717, 1.165) is 17.0 Å². The van der Waals surface area contributed by atoms with Gasteiger partial charge in [0.15, 0.2) is 0 Å². The molecule has 1 aromatic heterocycles. The van der Waals surface area contributed by atoms with Crippen LogP contribution in [-0.4, -0.2) is 31.5 Å². The van der Waals surface area contributed by atoms with Gasteiger partial charge in [-0.25, -0.2) is 9.97 Å². The van der Waals surface area contributed by atoms with E-state index in [1.54, 1.807) is 43.5 Å². The third-order valence-electron chi connectivity index (χ3n) is 4.10. The number of guanidine groups is 1. The van der Waals surface area contributed by atoms with Gasteiger partial charge in [0, 0.05) is 17.1 Å². The Morgan fingerprint density at radius 1 is 0.900 bits per heavy atom. The first-order valence-electron chi connectivity index (χ1n) is 9.17. The predicted octanol–water partition coefficient (Wildman–Crippen LogP) is 3.68. The standard InChI is InChI=1S/C21H23N5O3S/c1-14-5-11-19(12-6-14)30(27,28)26-21(24-17-7-9-18(29-4)10-8-17)25-20-22-15(2)13-16(3)23-20/h5-13H,1-4H3,(H2,22,23,24,25,26). The maximum Gasteiger partial charge on any atom is 0.285 e. The van der Waals surface area contributed by atoms with E-state index in [2.05, 4.69) is 25.0 Å². The number of aryl methyl sites for hydroxylation is 3. The molecule has 3 rings (SSSR count). The quantitative estimate of drug-likeness (QED) is 0.474. The maximum absolute atomic E-state index is 12.8. The Balaban J connectivity index is 1.98. The summed E-state index contributed by atoms with van der Waals surface area (Å²) in [7, 11) is -2.39. The van der Waals surface area contributed by atoms with Crippen LogP contribution < -0.4 is 15.4 Å². The molecule has 0 atom stereocenters. The zero-order chi connectivity index (χ0) is 21.7. The molecule has 9 heteroatoms. The van der Waals surface area contributed by atoms with Crippen molar-refractivity contribution >= 4 is 27.6 Å². The van der Waals surface area contributed by atoms with Crippen LogP contribution in [0.5, 0.6) is 5.75 Å². The zero-order valence-electron chi connectivity index (χ0n) is 17.2. The topological polar surface area (TPSA) is 106 Å². The molecule has 3 aromatic rings. The number of benzene rings is 2. The summed E-state index contributed by atoms with van der Waals surface area (Å²) in [5.74, 6) is 0.897. The lowest BCUT2D eigenvalue weighted by atomic mass is 10.2. The number of sulfonamides is 1. The van der Waals surface area contributed by atoms with Gasteiger partial charge in [0.2, 0.25) is 11.9 Å². The highest BCUT2D eigenvalue weighted by Gasteiger charge is 2.16. The Hall–Kier alpha value is -3.46. The molecular weight excluding hydrogens is 402 g/mol. The number of nitrogens with zero attached hydrogens (tertiary/aromatic N) is 3. The molecule has 0 fully saturated rings. The first-order chi connectivity index (χ1) is 14.2. The highest BCUT2D eigenvalue weighted by atomic mass is 32.2. The van der Waals surface area contributed by atoms with Crippen LogP contribution in [0.25, 0.3) is 0 Å². The minimum atomic E-state index is -3.97. The van der Waals surface area contributed by atoms with Crippen LogP contribution in [0.2, 0.25) is 0 Å². The molecule has 0 amide bonds. The molecule has 156 valence electrons. The lowest BCUT2D eigenvalue weighted by Gasteiger charge is -2.13. The summed E-state index contributed by atoms with van der Waals surface area (Å²) in [6, 6.07) is 15.3. The van der Waals surface area contributed by atoms with E-state index in [0.29, 0.717) is 11.4 Å². The fraction of sp³-hybridized carbons (Fsp3) is 0.190. The molecular formula is C21H23N5O3S. The maximum atomic E-state index is 12.8. The van der Waals surface area contributed by atoms with Crippen molar-refractivity contribution in [3.63, 3.8) is 0 Å². The van der Waals surface area contributed by atoms with Crippen LogP contribution in [0, 0.1) is 20.8 Å². The normalized spacial score (nSPS) is 11.8. The molecule has 1 heterocycles. The van der Waals surface area contributed by atoms with Crippen LogP contribution in [0.1, 0.15) is 17.0 Å². The van der Waals surface area contributed by atoms with Crippen molar-refractivity contribution in [2.24, 2.45) is 4.40 Å². The Morgan fingerprint density at radius 2 is 1.50 bits per heavy atom. The molecule has 0 saturated heterocycles. The zero-order valence-corrected chi connectivity index (χ0v) is 18.0. The Kier molecular flexibility index (Phi) is 6.31. The first-order valence-corrected chi connectivity index (χ1v) is 10.6. The minimum Gasteiger partial charge on any atom is -0.497 e. The molecule has 0 aliphatic heterocycles. The average Bonchev–Trinajstić information content (AvgIpc) is 2.67. The summed E-state index contributed by atoms with van der Waals surface area (Å²) >= 11 is 0. The van der Waals surface area contributed by atoms with Gasteiger partial charge in [-0.05, 0) is 63.2 Å². The average molecular weight is 426 g/mol. The molecule has 2 N–H and O–H groups in total. The first kappa shape index (κ1) is 21.3. The summed E-state index contributed by atoms with van der Waals surface area (Å²) in [6.07, 6.45) is 0. The van der Waals surface area contributed by atoms with Crippen LogP contribution in [0.15, 0.2) is 63.9 Å². The number of rotatable bonds is 5. The molecule has 0 aliphatic rings. The largest absolute Gasteiger partial charge is 0.497 e. The lowest BCUT2D eigenvalue weighted by molar-refractivity contribution is 0.415. The minimum absolute atomic E-state index is 0.0225. The van der Waals surface area contributed by atoms with Gasteiger partial charge < -0.3 is 10.1 Å². The summed E-state index contributed by atoms with van der Waals surface area (Å²) in [5.41, 5.74) is 3.06. The van der Waals surface area contributed by atoms with E-state index in [9.17, 15) is 8.42 Å². The summed E-state index contributed by atoms with van der Waals surface area (Å²) in [4.78, 5) is 8.69. The van der Waals surface area contributed by atoms with Gasteiger partial charge in [-0.2, -0.15) is 8.42 Å². The summed E-state index contributed by atoms with van der Waals surface area (Å²) in [6.45, 7) is 5.54. The van der Waals surface area contributed by atoms with Gasteiger partial charge in [-0.15, -0.1) is 4.40 Å². The molecule has 0 spiro atoms. The Bertz CT molecular complexity index is 1140. The van der Waals surface area contributed by atoms with Crippen LogP contribution in [0.4, 0.5) is 11.6 Å². The second kappa shape index (κ2) is 8.91. The summed E-state index contributed by atoms with van der Waals surface area (Å²) in [5, 5.41) is 5.86. The number of hydrogen-bond donors (Lipinski definition) is 2. The fourth-order valence-electron chi connectivity index (χ4n) is 2.66. The third-order valence-corrected chi connectivity index (χ3v) is 5.39. The van der Waals surface area contributed by atoms with Gasteiger partial charge in [0.05, 0.1) is 12.0 Å². The highest BCUT2D eigenvalue weighted by molar-refractivity contribution is 7.90. The molecule has 30 heavy (non-hydrogen) atoms. The number of nitrogens with one attached hydrogen (secondary N) is 2. The van der Waals surface area contributed by atoms with Crippen molar-refractivity contribution < 1.29 is 13.2 Å². The Labute approximate surface area is 176 Å². The van der Waals surface area contributed by atoms with E-state index >= 15 is 0 Å². The Morgan fingerprint density at radius 3 is 2.07 bits per heavy atom. The SMILES string of the molecule is COc1ccc(N/C(=N\S(=O)(=O)c2ccc(C)cc2)Nc2nc(C)cc(C)n2)cc1. The molecule has 0 unspecified atom stereocenters. The van der Waals surface area contributed by atoms with Crippen molar-refractivity contribution in [2.45, 2.75) is 25.7 Å². The van der Waals surface area contributed by atoms with Gasteiger partial charge in [-0.3, -0.25) is 5.32 Å². The number of hydrogen-bond acceptors (Lipinski definition) is 5. The van der Waals surface area contributed by atoms with E-state index in [1.807, 2.05) is 26.8 Å². The predicted molar refractivity (Wildman–Crippen MR) is 118 cm³/mol. The van der Waals surface area contributed by atoms with Gasteiger partial charge >= 0.3 is 0 Å². The van der Waals surface area contributed by atoms with E-state index in [-0.39, 0.29) is 16.8 Å². The van der Waals surface area contributed by atoms with Crippen LogP contribution >= 0.6 is 0 Å². The third kappa shape index (κ3) is 5.54. The smallest absolute Gasteiger partial charge is 0.285 e. The molecule has 0 radical (unpaired) electrons. The van der Waals surface area contributed by atoms with E-state index in [4.69, 9.17) is 4.74 Å². The number of anilines is 2. The summed E-state index contributed by atoms with van der Waals surface area (Å²) < 4.78 is 34.8. The molecule has 0 bridgehead atoms. The van der Waals surface area contributed by atoms with Gasteiger partial charge in [0.25, 0.3) is 10.0 Å². The molecule has 2 aromatic carbocycles. The second-order valence-corrected chi connectivity index (χ2v) is 8.28. The van der Waals surface area contributed by atoms with Crippen molar-refractivity contribution in [3.05, 3.63) is 71.5 Å². The highest BCUT2D eigenvalue weighted by Crippen LogP contribution is 2.17. The van der Waals surface area contributed by atoms with Gasteiger partial charge in [-0.1, -0.05) is 17.7 Å². The van der Waals surface area contributed by atoms with Crippen molar-refractivity contribution in [1.29, 1.82) is 0 Å². The van der Waals surface area contributed by atoms with E-state index < -0.39 is 10.0 Å². The van der Waals surface area contributed by atoms with Crippen molar-refractivity contribution in [2.75, 3.05) is 17.7 Å². The number of methoxy groups -OCH3 is 1. The van der Waals surface area contributed by atoms with E-state index in [1.165, 1.54) is 12.1 Å². The second-order valence-electron chi connectivity index (χ2n) is 6.68. The van der Waals surface area contributed by atoms with Crippen molar-refractivity contribution in [3.8, 4) is 5.75 Å². The lowest BCUT2D eigenvalue weighted by Crippen LogP contribution is -2.25. The number of aromatic nitrogens is 2. The fourth-order valence-corrected chi connectivity index (χ4v) is 3.58. The molecule has 0 saturated carbocycles. The van der Waals surface area contributed by atoms with Crippen LogP contribution in [0.3, 0.4) is 0 Å². The molecule has 0 aliphatic carbocycles. The van der Waals surface area contributed by atoms with Crippen molar-refractivity contribution in [1.82, 2.24) is 9.97 Å². The molecule has 8 nitrogen and oxygen atoms in total. The van der Waals surface area contributed by atoms with Gasteiger partial charge in [0.1, 0.15) is 5.75 Å². The number of ether oxygens (including phenoxy) is 1.